The first-order chi connectivity index (χ1) is 12.5. The summed E-state index contributed by atoms with van der Waals surface area (Å²) in [5.41, 5.74) is 16.1. The van der Waals surface area contributed by atoms with Crippen LogP contribution in [0.15, 0.2) is 48.5 Å². The van der Waals surface area contributed by atoms with Crippen LogP contribution < -0.4 is 26.9 Å². The molecular weight excluding hydrogens is 336 g/mol. The number of guanidine groups is 1. The third-order valence-corrected chi connectivity index (χ3v) is 3.30. The molecule has 0 atom stereocenters. The monoisotopic (exact) mass is 358 g/mol. The van der Waals surface area contributed by atoms with Gasteiger partial charge in [-0.3, -0.25) is 16.3 Å². The zero-order valence-corrected chi connectivity index (χ0v) is 14.2. The van der Waals surface area contributed by atoms with Gasteiger partial charge >= 0.3 is 17.9 Å². The molecule has 0 saturated heterocycles. The summed E-state index contributed by atoms with van der Waals surface area (Å²) in [6, 6.07) is 13.2. The minimum Gasteiger partial charge on any atom is -0.459 e. The Morgan fingerprint density at radius 2 is 1.65 bits per heavy atom. The highest BCUT2D eigenvalue weighted by Crippen LogP contribution is 2.15. The van der Waals surface area contributed by atoms with E-state index in [1.807, 2.05) is 0 Å². The topological polar surface area (TPSA) is 146 Å². The van der Waals surface area contributed by atoms with Gasteiger partial charge < -0.3 is 15.2 Å². The molecule has 0 aromatic heterocycles. The molecular formula is C18H22N4O4+2. The first-order valence-electron chi connectivity index (χ1n) is 7.99. The standard InChI is InChI=1S/C18H20N4O4/c19-9-10-25-16(23)11-12-1-7-15(8-2-12)26-17(24)13-3-5-14(6-4-13)22-18(20)21/h1-8H,9-11,19H2,(H4,20,21,22)/p+2. The number of carbonyl (C=O) groups excluding carboxylic acids is 2. The molecule has 8 nitrogen and oxygen atoms in total. The lowest BCUT2D eigenvalue weighted by Gasteiger charge is -2.06. The minimum atomic E-state index is -0.496. The van der Waals surface area contributed by atoms with E-state index < -0.39 is 5.97 Å². The number of ether oxygens (including phenoxy) is 2. The summed E-state index contributed by atoms with van der Waals surface area (Å²) in [6.45, 7) is 0.842. The van der Waals surface area contributed by atoms with Crippen LogP contribution in [-0.4, -0.2) is 31.0 Å². The summed E-state index contributed by atoms with van der Waals surface area (Å²) >= 11 is 0. The van der Waals surface area contributed by atoms with E-state index in [-0.39, 0.29) is 18.3 Å². The lowest BCUT2D eigenvalue weighted by molar-refractivity contribution is -0.372. The van der Waals surface area contributed by atoms with Crippen LogP contribution in [-0.2, 0) is 16.0 Å². The molecule has 0 amide bonds. The lowest BCUT2D eigenvalue weighted by Crippen LogP contribution is -2.72. The molecule has 8 heteroatoms. The average Bonchev–Trinajstić information content (AvgIpc) is 2.61. The summed E-state index contributed by atoms with van der Waals surface area (Å²) < 4.78 is 10.3. The fourth-order valence-electron chi connectivity index (χ4n) is 2.10. The van der Waals surface area contributed by atoms with E-state index in [1.165, 1.54) is 0 Å². The van der Waals surface area contributed by atoms with Crippen LogP contribution in [0.2, 0.25) is 0 Å². The first kappa shape index (κ1) is 18.9. The molecule has 26 heavy (non-hydrogen) atoms. The Morgan fingerprint density at radius 3 is 2.23 bits per heavy atom. The maximum Gasteiger partial charge on any atom is 0.343 e. The van der Waals surface area contributed by atoms with Crippen molar-refractivity contribution < 1.29 is 29.8 Å². The van der Waals surface area contributed by atoms with Gasteiger partial charge in [-0.15, -0.1) is 0 Å². The van der Waals surface area contributed by atoms with E-state index in [1.54, 1.807) is 48.5 Å². The molecule has 2 aromatic carbocycles. The molecule has 2 rings (SSSR count). The van der Waals surface area contributed by atoms with Crippen LogP contribution in [0.4, 0.5) is 5.69 Å². The van der Waals surface area contributed by atoms with Crippen molar-refractivity contribution in [3.63, 3.8) is 0 Å². The second-order valence-corrected chi connectivity index (χ2v) is 5.44. The molecule has 0 unspecified atom stereocenters. The largest absolute Gasteiger partial charge is 0.459 e. The molecule has 8 N–H and O–H groups in total. The van der Waals surface area contributed by atoms with E-state index in [2.05, 4.69) is 10.7 Å². The minimum absolute atomic E-state index is 0.0654. The van der Waals surface area contributed by atoms with Crippen molar-refractivity contribution in [2.24, 2.45) is 11.5 Å². The van der Waals surface area contributed by atoms with Crippen molar-refractivity contribution in [2.75, 3.05) is 13.2 Å². The smallest absolute Gasteiger partial charge is 0.343 e. The maximum atomic E-state index is 12.2. The summed E-state index contributed by atoms with van der Waals surface area (Å²) in [5, 5.41) is 0. The molecule has 0 bridgehead atoms. The molecule has 0 aliphatic heterocycles. The second-order valence-electron chi connectivity index (χ2n) is 5.44. The Bertz CT molecular complexity index is 782. The summed E-state index contributed by atoms with van der Waals surface area (Å²) in [4.78, 5) is 26.4. The predicted molar refractivity (Wildman–Crippen MR) is 94.3 cm³/mol. The number of quaternary nitrogens is 1. The Kier molecular flexibility index (Phi) is 6.69. The molecule has 0 spiro atoms. The highest BCUT2D eigenvalue weighted by molar-refractivity contribution is 5.91. The fourth-order valence-corrected chi connectivity index (χ4v) is 2.10. The third kappa shape index (κ3) is 5.91. The van der Waals surface area contributed by atoms with Crippen molar-refractivity contribution >= 4 is 23.6 Å². The van der Waals surface area contributed by atoms with E-state index in [0.717, 1.165) is 5.56 Å². The molecule has 2 aromatic rings. The lowest BCUT2D eigenvalue weighted by atomic mass is 10.1. The van der Waals surface area contributed by atoms with Gasteiger partial charge in [0.2, 0.25) is 0 Å². The van der Waals surface area contributed by atoms with Crippen molar-refractivity contribution in [1.82, 2.24) is 0 Å². The SMILES string of the molecule is NC(N)=[NH+]c1ccc(C(=O)Oc2ccc(CC(=O)OCC[NH3+])cc2)cc1. The number of nitrogens with two attached hydrogens (primary N) is 2. The van der Waals surface area contributed by atoms with Crippen LogP contribution in [0.25, 0.3) is 0 Å². The number of hydrogen-bond donors (Lipinski definition) is 4. The molecule has 0 aliphatic rings. The van der Waals surface area contributed by atoms with Gasteiger partial charge in [-0.1, -0.05) is 12.1 Å². The van der Waals surface area contributed by atoms with Crippen LogP contribution in [0.3, 0.4) is 0 Å². The Hall–Kier alpha value is -3.39. The molecule has 0 heterocycles. The molecule has 0 aliphatic carbocycles. The Labute approximate surface area is 150 Å². The third-order valence-electron chi connectivity index (χ3n) is 3.30. The molecule has 136 valence electrons. The van der Waals surface area contributed by atoms with Crippen LogP contribution in [0.5, 0.6) is 5.75 Å². The zero-order valence-electron chi connectivity index (χ0n) is 14.2. The molecule has 0 fully saturated rings. The van der Waals surface area contributed by atoms with Crippen LogP contribution in [0.1, 0.15) is 15.9 Å². The van der Waals surface area contributed by atoms with E-state index in [9.17, 15) is 9.59 Å². The highest BCUT2D eigenvalue weighted by Gasteiger charge is 2.10. The predicted octanol–water partition coefficient (Wildman–Crippen LogP) is -1.78. The zero-order chi connectivity index (χ0) is 18.9. The molecule has 0 saturated carbocycles. The summed E-state index contributed by atoms with van der Waals surface area (Å²) in [6.07, 6.45) is 0.157. The van der Waals surface area contributed by atoms with E-state index in [4.69, 9.17) is 20.9 Å². The fraction of sp³-hybridized carbons (Fsp3) is 0.167. The van der Waals surface area contributed by atoms with E-state index in [0.29, 0.717) is 30.2 Å². The van der Waals surface area contributed by atoms with Crippen molar-refractivity contribution in [2.45, 2.75) is 6.42 Å². The van der Waals surface area contributed by atoms with Crippen molar-refractivity contribution in [3.05, 3.63) is 59.7 Å². The number of nitrogens with one attached hydrogen (secondary N) is 1. The normalized spacial score (nSPS) is 10.0. The van der Waals surface area contributed by atoms with Crippen molar-refractivity contribution in [3.8, 4) is 5.75 Å². The van der Waals surface area contributed by atoms with Crippen LogP contribution >= 0.6 is 0 Å². The van der Waals surface area contributed by atoms with Crippen LogP contribution in [0, 0.1) is 0 Å². The molecule has 0 radical (unpaired) electrons. The van der Waals surface area contributed by atoms with Crippen molar-refractivity contribution in [1.29, 1.82) is 0 Å². The number of esters is 2. The summed E-state index contributed by atoms with van der Waals surface area (Å²) in [7, 11) is 0. The second kappa shape index (κ2) is 9.19. The number of hydrogen-bond acceptors (Lipinski definition) is 4. The maximum absolute atomic E-state index is 12.2. The Balaban J connectivity index is 1.94. The van der Waals surface area contributed by atoms with Gasteiger partial charge in [0.05, 0.1) is 17.7 Å². The van der Waals surface area contributed by atoms with Gasteiger partial charge in [-0.25, -0.2) is 9.79 Å². The average molecular weight is 358 g/mol. The van der Waals surface area contributed by atoms with E-state index >= 15 is 0 Å². The number of rotatable bonds is 7. The van der Waals surface area contributed by atoms with Gasteiger partial charge in [0.15, 0.2) is 0 Å². The quantitative estimate of drug-likeness (QED) is 0.199. The van der Waals surface area contributed by atoms with Gasteiger partial charge in [0, 0.05) is 0 Å². The van der Waals surface area contributed by atoms with Gasteiger partial charge in [-0.05, 0) is 42.0 Å². The Morgan fingerprint density at radius 1 is 1.00 bits per heavy atom. The number of benzene rings is 2. The van der Waals surface area contributed by atoms with Gasteiger partial charge in [0.25, 0.3) is 0 Å². The van der Waals surface area contributed by atoms with Gasteiger partial charge in [-0.2, -0.15) is 0 Å². The first-order valence-corrected chi connectivity index (χ1v) is 7.99. The number of carbonyl (C=O) groups is 2. The summed E-state index contributed by atoms with van der Waals surface area (Å²) in [5.74, 6) is -0.367. The highest BCUT2D eigenvalue weighted by atomic mass is 16.5. The van der Waals surface area contributed by atoms with Gasteiger partial charge in [0.1, 0.15) is 18.9 Å².